The van der Waals surface area contributed by atoms with Gasteiger partial charge in [-0.2, -0.15) is 0 Å². The highest BCUT2D eigenvalue weighted by Gasteiger charge is 2.13. The zero-order valence-electron chi connectivity index (χ0n) is 17.5. The molecule has 7 heteroatoms. The van der Waals surface area contributed by atoms with Gasteiger partial charge in [0.25, 0.3) is 5.91 Å². The average molecular weight is 416 g/mol. The molecule has 0 radical (unpaired) electrons. The molecule has 0 aliphatic rings. The number of amides is 1. The van der Waals surface area contributed by atoms with E-state index in [1.165, 1.54) is 17.3 Å². The summed E-state index contributed by atoms with van der Waals surface area (Å²) in [4.78, 5) is 32.9. The number of carbonyl (C=O) groups excluding carboxylic acids is 2. The van der Waals surface area contributed by atoms with Crippen molar-refractivity contribution in [3.8, 4) is 0 Å². The molecule has 0 saturated carbocycles. The first-order chi connectivity index (χ1) is 13.9. The molecule has 29 heavy (non-hydrogen) atoms. The second kappa shape index (κ2) is 11.6. The van der Waals surface area contributed by atoms with Crippen LogP contribution in [-0.2, 0) is 27.2 Å². The molecule has 0 bridgehead atoms. The molecule has 1 aromatic heterocycles. The number of esters is 1. The van der Waals surface area contributed by atoms with Gasteiger partial charge in [0.15, 0.2) is 11.8 Å². The Morgan fingerprint density at radius 2 is 1.76 bits per heavy atom. The fraction of sp³-hybridized carbons (Fsp3) is 0.455. The fourth-order valence-electron chi connectivity index (χ4n) is 3.02. The molecule has 2 rings (SSSR count). The van der Waals surface area contributed by atoms with Crippen molar-refractivity contribution < 1.29 is 14.3 Å². The normalized spacial score (nSPS) is 11.7. The van der Waals surface area contributed by atoms with Crippen molar-refractivity contribution in [1.82, 2.24) is 15.3 Å². The molecule has 1 atom stereocenters. The highest BCUT2D eigenvalue weighted by molar-refractivity contribution is 7.98. The molecule has 0 aliphatic carbocycles. The molecule has 1 amide bonds. The topological polar surface area (TPSA) is 81.2 Å². The highest BCUT2D eigenvalue weighted by atomic mass is 32.2. The Morgan fingerprint density at radius 1 is 1.10 bits per heavy atom. The summed E-state index contributed by atoms with van der Waals surface area (Å²) in [6, 6.07) is 10.1. The lowest BCUT2D eigenvalue weighted by molar-refractivity contribution is -0.148. The van der Waals surface area contributed by atoms with Crippen LogP contribution in [0.4, 0.5) is 0 Å². The van der Waals surface area contributed by atoms with Gasteiger partial charge in [-0.1, -0.05) is 42.1 Å². The first-order valence-corrected chi connectivity index (χ1v) is 11.0. The Labute approximate surface area is 176 Å². The lowest BCUT2D eigenvalue weighted by atomic mass is 10.1. The Hall–Kier alpha value is -2.41. The number of benzene rings is 1. The maximum absolute atomic E-state index is 12.0. The number of nitrogens with zero attached hydrogens (tertiary/aromatic N) is 2. The predicted octanol–water partition coefficient (Wildman–Crippen LogP) is 3.43. The number of thioether (sulfide) groups is 1. The monoisotopic (exact) mass is 415 g/mol. The molecule has 0 spiro atoms. The van der Waals surface area contributed by atoms with Gasteiger partial charge < -0.3 is 10.1 Å². The van der Waals surface area contributed by atoms with E-state index in [9.17, 15) is 9.59 Å². The molecule has 0 fully saturated rings. The summed E-state index contributed by atoms with van der Waals surface area (Å²) in [6.07, 6.45) is 4.34. The molecule has 0 saturated heterocycles. The molecular formula is C22H29N3O3S. The molecule has 0 aliphatic heterocycles. The van der Waals surface area contributed by atoms with Gasteiger partial charge in [-0.3, -0.25) is 9.59 Å². The largest absolute Gasteiger partial charge is 0.456 e. The molecule has 0 unspecified atom stereocenters. The van der Waals surface area contributed by atoms with Crippen LogP contribution in [-0.4, -0.2) is 40.7 Å². The zero-order chi connectivity index (χ0) is 21.2. The minimum absolute atomic E-state index is 0.0128. The summed E-state index contributed by atoms with van der Waals surface area (Å²) in [7, 11) is 0. The van der Waals surface area contributed by atoms with E-state index in [-0.39, 0.29) is 25.0 Å². The number of aryl methyl sites for hydroxylation is 3. The Morgan fingerprint density at radius 3 is 2.38 bits per heavy atom. The first kappa shape index (κ1) is 22.9. The van der Waals surface area contributed by atoms with Crippen molar-refractivity contribution in [1.29, 1.82) is 0 Å². The third kappa shape index (κ3) is 7.85. The fourth-order valence-corrected chi connectivity index (χ4v) is 3.48. The van der Waals surface area contributed by atoms with Crippen LogP contribution in [0, 0.1) is 13.8 Å². The van der Waals surface area contributed by atoms with Crippen LogP contribution in [0.15, 0.2) is 35.5 Å². The molecule has 156 valence electrons. The van der Waals surface area contributed by atoms with Gasteiger partial charge in [0.1, 0.15) is 0 Å². The quantitative estimate of drug-likeness (QED) is 0.364. The van der Waals surface area contributed by atoms with Crippen molar-refractivity contribution in [2.24, 2.45) is 0 Å². The summed E-state index contributed by atoms with van der Waals surface area (Å²) >= 11 is 1.49. The average Bonchev–Trinajstić information content (AvgIpc) is 2.70. The minimum Gasteiger partial charge on any atom is -0.456 e. The smallest absolute Gasteiger partial charge is 0.306 e. The lowest BCUT2D eigenvalue weighted by Crippen LogP contribution is -2.36. The van der Waals surface area contributed by atoms with Crippen LogP contribution in [0.2, 0.25) is 0 Å². The molecule has 2 aromatic rings. The standard InChI is InChI=1S/C22H29N3O3S/c1-15(10-11-18-8-6-5-7-9-18)23-20(26)14-28-21(27)13-12-19-16(2)24-22(29-4)25-17(19)3/h5-9,15H,10-14H2,1-4H3,(H,23,26)/t15-/m1/s1. The number of hydrogen-bond donors (Lipinski definition) is 1. The Balaban J connectivity index is 1.70. The number of nitrogens with one attached hydrogen (secondary N) is 1. The van der Waals surface area contributed by atoms with Crippen LogP contribution in [0.5, 0.6) is 0 Å². The van der Waals surface area contributed by atoms with E-state index in [0.717, 1.165) is 34.9 Å². The van der Waals surface area contributed by atoms with Gasteiger partial charge >= 0.3 is 5.97 Å². The van der Waals surface area contributed by atoms with E-state index in [1.54, 1.807) is 0 Å². The van der Waals surface area contributed by atoms with E-state index >= 15 is 0 Å². The van der Waals surface area contributed by atoms with Gasteiger partial charge in [0.05, 0.1) is 0 Å². The van der Waals surface area contributed by atoms with Gasteiger partial charge in [0.2, 0.25) is 0 Å². The third-order valence-electron chi connectivity index (χ3n) is 4.64. The summed E-state index contributed by atoms with van der Waals surface area (Å²) in [5.74, 6) is -0.677. The molecular weight excluding hydrogens is 386 g/mol. The van der Waals surface area contributed by atoms with Crippen LogP contribution < -0.4 is 5.32 Å². The second-order valence-electron chi connectivity index (χ2n) is 7.01. The number of hydrogen-bond acceptors (Lipinski definition) is 6. The van der Waals surface area contributed by atoms with E-state index in [2.05, 4.69) is 27.4 Å². The minimum atomic E-state index is -0.398. The Bertz CT molecular complexity index is 804. The molecule has 6 nitrogen and oxygen atoms in total. The van der Waals surface area contributed by atoms with Crippen molar-refractivity contribution in [3.63, 3.8) is 0 Å². The van der Waals surface area contributed by atoms with Gasteiger partial charge in [-0.05, 0) is 57.4 Å². The molecule has 1 N–H and O–H groups in total. The SMILES string of the molecule is CSc1nc(C)c(CCC(=O)OCC(=O)N[C@H](C)CCc2ccccc2)c(C)n1. The van der Waals surface area contributed by atoms with Crippen LogP contribution in [0.25, 0.3) is 0 Å². The van der Waals surface area contributed by atoms with Crippen molar-refractivity contribution in [3.05, 3.63) is 52.8 Å². The van der Waals surface area contributed by atoms with E-state index in [1.807, 2.05) is 45.2 Å². The van der Waals surface area contributed by atoms with Gasteiger partial charge in [-0.15, -0.1) is 0 Å². The zero-order valence-corrected chi connectivity index (χ0v) is 18.3. The predicted molar refractivity (Wildman–Crippen MR) is 115 cm³/mol. The van der Waals surface area contributed by atoms with Crippen molar-refractivity contribution in [2.45, 2.75) is 57.7 Å². The maximum atomic E-state index is 12.0. The van der Waals surface area contributed by atoms with Gasteiger partial charge in [0, 0.05) is 23.9 Å². The van der Waals surface area contributed by atoms with Crippen LogP contribution in [0.1, 0.15) is 42.3 Å². The van der Waals surface area contributed by atoms with Crippen molar-refractivity contribution >= 4 is 23.6 Å². The van der Waals surface area contributed by atoms with E-state index < -0.39 is 5.97 Å². The summed E-state index contributed by atoms with van der Waals surface area (Å²) in [6.45, 7) is 5.53. The van der Waals surface area contributed by atoms with Crippen molar-refractivity contribution in [2.75, 3.05) is 12.9 Å². The summed E-state index contributed by atoms with van der Waals surface area (Å²) in [5.41, 5.74) is 3.94. The van der Waals surface area contributed by atoms with Gasteiger partial charge in [-0.25, -0.2) is 9.97 Å². The number of carbonyl (C=O) groups is 2. The molecule has 1 heterocycles. The lowest BCUT2D eigenvalue weighted by Gasteiger charge is -2.14. The number of ether oxygens (including phenoxy) is 1. The molecule has 1 aromatic carbocycles. The Kier molecular flexibility index (Phi) is 9.12. The maximum Gasteiger partial charge on any atom is 0.306 e. The van der Waals surface area contributed by atoms with E-state index in [0.29, 0.717) is 6.42 Å². The second-order valence-corrected chi connectivity index (χ2v) is 7.79. The number of rotatable bonds is 10. The van der Waals surface area contributed by atoms with E-state index in [4.69, 9.17) is 4.74 Å². The first-order valence-electron chi connectivity index (χ1n) is 9.76. The highest BCUT2D eigenvalue weighted by Crippen LogP contribution is 2.17. The summed E-state index contributed by atoms with van der Waals surface area (Å²) in [5, 5.41) is 3.60. The van der Waals surface area contributed by atoms with Crippen LogP contribution >= 0.6 is 11.8 Å². The third-order valence-corrected chi connectivity index (χ3v) is 5.19. The number of aromatic nitrogens is 2. The van der Waals surface area contributed by atoms with Crippen LogP contribution in [0.3, 0.4) is 0 Å². The summed E-state index contributed by atoms with van der Waals surface area (Å²) < 4.78 is 5.12.